The number of carbonyl (C=O) groups excluding carboxylic acids is 3. The molecule has 0 bridgehead atoms. The van der Waals surface area contributed by atoms with Gasteiger partial charge in [-0.2, -0.15) is 0 Å². The topological polar surface area (TPSA) is 78.5 Å². The van der Waals surface area contributed by atoms with Gasteiger partial charge in [-0.05, 0) is 63.8 Å². The molecule has 164 valence electrons. The maximum absolute atomic E-state index is 12.9. The Hall–Kier alpha value is -3.15. The monoisotopic (exact) mass is 421 g/mol. The van der Waals surface area contributed by atoms with Crippen molar-refractivity contribution in [2.75, 3.05) is 11.9 Å². The lowest BCUT2D eigenvalue weighted by atomic mass is 9.99. The summed E-state index contributed by atoms with van der Waals surface area (Å²) in [4.78, 5) is 39.1. The highest BCUT2D eigenvalue weighted by Gasteiger charge is 2.33. The summed E-state index contributed by atoms with van der Waals surface area (Å²) in [5, 5.41) is 5.55. The molecule has 1 unspecified atom stereocenters. The van der Waals surface area contributed by atoms with Crippen molar-refractivity contribution in [2.45, 2.75) is 59.0 Å². The standard InChI is InChI=1S/C25H31N3O3/c1-16(2)26-23(29)15-19-7-9-21(10-8-19)27-24(30)25(31)28-11-5-6-22(28)20-13-17(3)12-18(4)14-20/h7-10,12-14,16,22H,5-6,11,15H2,1-4H3,(H,26,29)(H,27,30). The van der Waals surface area contributed by atoms with E-state index >= 15 is 0 Å². The van der Waals surface area contributed by atoms with Crippen molar-refractivity contribution in [1.82, 2.24) is 10.2 Å². The quantitative estimate of drug-likeness (QED) is 0.723. The number of amides is 3. The van der Waals surface area contributed by atoms with Gasteiger partial charge in [0, 0.05) is 18.3 Å². The molecular formula is C25H31N3O3. The fourth-order valence-electron chi connectivity index (χ4n) is 4.14. The van der Waals surface area contributed by atoms with Gasteiger partial charge < -0.3 is 15.5 Å². The van der Waals surface area contributed by atoms with Gasteiger partial charge >= 0.3 is 11.8 Å². The molecule has 0 spiro atoms. The van der Waals surface area contributed by atoms with Gasteiger partial charge in [-0.3, -0.25) is 14.4 Å². The van der Waals surface area contributed by atoms with Crippen LogP contribution in [0.1, 0.15) is 55.0 Å². The van der Waals surface area contributed by atoms with Crippen LogP contribution in [0.5, 0.6) is 0 Å². The molecule has 3 rings (SSSR count). The molecule has 0 saturated carbocycles. The summed E-state index contributed by atoms with van der Waals surface area (Å²) in [5.41, 5.74) is 4.77. The molecule has 1 aliphatic heterocycles. The van der Waals surface area contributed by atoms with Crippen molar-refractivity contribution in [1.29, 1.82) is 0 Å². The summed E-state index contributed by atoms with van der Waals surface area (Å²) in [6.07, 6.45) is 2.01. The molecule has 1 heterocycles. The number of anilines is 1. The number of rotatable bonds is 5. The second kappa shape index (κ2) is 9.77. The number of nitrogens with zero attached hydrogens (tertiary/aromatic N) is 1. The Morgan fingerprint density at radius 1 is 1.03 bits per heavy atom. The van der Waals surface area contributed by atoms with Gasteiger partial charge in [-0.15, -0.1) is 0 Å². The Morgan fingerprint density at radius 3 is 2.29 bits per heavy atom. The van der Waals surface area contributed by atoms with E-state index < -0.39 is 11.8 Å². The molecule has 1 atom stereocenters. The molecule has 6 heteroatoms. The van der Waals surface area contributed by atoms with Gasteiger partial charge in [-0.25, -0.2) is 0 Å². The fourth-order valence-corrected chi connectivity index (χ4v) is 4.14. The first-order chi connectivity index (χ1) is 14.7. The van der Waals surface area contributed by atoms with Gasteiger partial charge in [0.15, 0.2) is 0 Å². The minimum atomic E-state index is -0.637. The van der Waals surface area contributed by atoms with Crippen molar-refractivity contribution >= 4 is 23.4 Å². The molecule has 3 amide bonds. The lowest BCUT2D eigenvalue weighted by Crippen LogP contribution is -2.39. The third-order valence-electron chi connectivity index (χ3n) is 5.36. The van der Waals surface area contributed by atoms with Crippen LogP contribution in [-0.2, 0) is 20.8 Å². The third kappa shape index (κ3) is 5.94. The zero-order valence-corrected chi connectivity index (χ0v) is 18.7. The van der Waals surface area contributed by atoms with E-state index in [0.29, 0.717) is 12.2 Å². The van der Waals surface area contributed by atoms with Gasteiger partial charge in [0.25, 0.3) is 0 Å². The van der Waals surface area contributed by atoms with Gasteiger partial charge in [0.1, 0.15) is 0 Å². The van der Waals surface area contributed by atoms with Crippen LogP contribution < -0.4 is 10.6 Å². The predicted molar refractivity (Wildman–Crippen MR) is 122 cm³/mol. The normalized spacial score (nSPS) is 15.8. The lowest BCUT2D eigenvalue weighted by molar-refractivity contribution is -0.143. The fraction of sp³-hybridized carbons (Fsp3) is 0.400. The smallest absolute Gasteiger partial charge is 0.313 e. The highest BCUT2D eigenvalue weighted by atomic mass is 16.2. The molecule has 6 nitrogen and oxygen atoms in total. The van der Waals surface area contributed by atoms with E-state index in [0.717, 1.165) is 35.1 Å². The number of nitrogens with one attached hydrogen (secondary N) is 2. The number of aryl methyl sites for hydroxylation is 2. The SMILES string of the molecule is Cc1cc(C)cc(C2CCCN2C(=O)C(=O)Nc2ccc(CC(=O)NC(C)C)cc2)c1. The second-order valence-electron chi connectivity index (χ2n) is 8.63. The number of hydrogen-bond acceptors (Lipinski definition) is 3. The molecule has 0 aliphatic carbocycles. The van der Waals surface area contributed by atoms with Crippen LogP contribution in [0.3, 0.4) is 0 Å². The van der Waals surface area contributed by atoms with Crippen LogP contribution in [0, 0.1) is 13.8 Å². The van der Waals surface area contributed by atoms with Crippen LogP contribution in [0.15, 0.2) is 42.5 Å². The molecule has 1 saturated heterocycles. The summed E-state index contributed by atoms with van der Waals surface area (Å²) >= 11 is 0. The summed E-state index contributed by atoms with van der Waals surface area (Å²) in [6.45, 7) is 8.49. The molecular weight excluding hydrogens is 390 g/mol. The summed E-state index contributed by atoms with van der Waals surface area (Å²) in [6, 6.07) is 13.3. The average molecular weight is 422 g/mol. The Kier molecular flexibility index (Phi) is 7.10. The van der Waals surface area contributed by atoms with E-state index in [1.165, 1.54) is 0 Å². The number of likely N-dealkylation sites (tertiary alicyclic amines) is 1. The first-order valence-corrected chi connectivity index (χ1v) is 10.8. The highest BCUT2D eigenvalue weighted by molar-refractivity contribution is 6.39. The van der Waals surface area contributed by atoms with Crippen molar-refractivity contribution in [3.05, 3.63) is 64.7 Å². The second-order valence-corrected chi connectivity index (χ2v) is 8.63. The van der Waals surface area contributed by atoms with Gasteiger partial charge in [0.2, 0.25) is 5.91 Å². The molecule has 2 N–H and O–H groups in total. The van der Waals surface area contributed by atoms with Gasteiger partial charge in [-0.1, -0.05) is 41.5 Å². The third-order valence-corrected chi connectivity index (χ3v) is 5.36. The van der Waals surface area contributed by atoms with Crippen LogP contribution in [0.2, 0.25) is 0 Å². The first-order valence-electron chi connectivity index (χ1n) is 10.8. The van der Waals surface area contributed by atoms with Crippen molar-refractivity contribution in [3.63, 3.8) is 0 Å². The molecule has 31 heavy (non-hydrogen) atoms. The summed E-state index contributed by atoms with van der Waals surface area (Å²) in [5.74, 6) is -1.20. The molecule has 1 fully saturated rings. The highest BCUT2D eigenvalue weighted by Crippen LogP contribution is 2.33. The molecule has 2 aromatic carbocycles. The van der Waals surface area contributed by atoms with E-state index in [2.05, 4.69) is 28.8 Å². The van der Waals surface area contributed by atoms with E-state index in [4.69, 9.17) is 0 Å². The Morgan fingerprint density at radius 2 is 1.68 bits per heavy atom. The zero-order valence-electron chi connectivity index (χ0n) is 18.7. The van der Waals surface area contributed by atoms with Crippen molar-refractivity contribution in [3.8, 4) is 0 Å². The van der Waals surface area contributed by atoms with Crippen molar-refractivity contribution in [2.24, 2.45) is 0 Å². The minimum absolute atomic E-state index is 0.0478. The van der Waals surface area contributed by atoms with Crippen molar-refractivity contribution < 1.29 is 14.4 Å². The molecule has 1 aliphatic rings. The van der Waals surface area contributed by atoms with Crippen LogP contribution in [0.25, 0.3) is 0 Å². The van der Waals surface area contributed by atoms with Crippen LogP contribution >= 0.6 is 0 Å². The lowest BCUT2D eigenvalue weighted by Gasteiger charge is -2.25. The Labute approximate surface area is 184 Å². The molecule has 0 radical (unpaired) electrons. The molecule has 2 aromatic rings. The zero-order chi connectivity index (χ0) is 22.5. The van der Waals surface area contributed by atoms with Crippen LogP contribution in [0.4, 0.5) is 5.69 Å². The number of benzene rings is 2. The first kappa shape index (κ1) is 22.5. The maximum Gasteiger partial charge on any atom is 0.313 e. The average Bonchev–Trinajstić information content (AvgIpc) is 3.17. The minimum Gasteiger partial charge on any atom is -0.354 e. The van der Waals surface area contributed by atoms with Gasteiger partial charge in [0.05, 0.1) is 12.5 Å². The van der Waals surface area contributed by atoms with E-state index in [1.54, 1.807) is 29.2 Å². The van der Waals surface area contributed by atoms with Crippen LogP contribution in [-0.4, -0.2) is 35.2 Å². The summed E-state index contributed by atoms with van der Waals surface area (Å²) < 4.78 is 0. The number of carbonyl (C=O) groups is 3. The Balaban J connectivity index is 1.63. The summed E-state index contributed by atoms with van der Waals surface area (Å²) in [7, 11) is 0. The van der Waals surface area contributed by atoms with E-state index in [-0.39, 0.29) is 24.4 Å². The Bertz CT molecular complexity index is 946. The molecule has 0 aromatic heterocycles. The maximum atomic E-state index is 12.9. The number of hydrogen-bond donors (Lipinski definition) is 2. The van der Waals surface area contributed by atoms with E-state index in [9.17, 15) is 14.4 Å². The van der Waals surface area contributed by atoms with E-state index in [1.807, 2.05) is 27.7 Å². The largest absolute Gasteiger partial charge is 0.354 e. The predicted octanol–water partition coefficient (Wildman–Crippen LogP) is 3.67.